The lowest BCUT2D eigenvalue weighted by Crippen LogP contribution is -2.52. The smallest absolute Gasteiger partial charge is 0.231 e. The maximum atomic E-state index is 12.4. The van der Waals surface area contributed by atoms with E-state index in [9.17, 15) is 4.79 Å². The summed E-state index contributed by atoms with van der Waals surface area (Å²) in [7, 11) is 0. The lowest BCUT2D eigenvalue weighted by molar-refractivity contribution is -0.143. The highest BCUT2D eigenvalue weighted by Gasteiger charge is 2.43. The predicted molar refractivity (Wildman–Crippen MR) is 57.6 cm³/mol. The number of nitrogens with zero attached hydrogens (tertiary/aromatic N) is 1. The van der Waals surface area contributed by atoms with Gasteiger partial charge in [0.25, 0.3) is 0 Å². The molecule has 1 amide bonds. The number of piperazine rings is 1. The first-order valence-corrected chi connectivity index (χ1v) is 5.86. The van der Waals surface area contributed by atoms with Gasteiger partial charge in [-0.2, -0.15) is 0 Å². The summed E-state index contributed by atoms with van der Waals surface area (Å²) in [6.45, 7) is 6.99. The van der Waals surface area contributed by atoms with Crippen molar-refractivity contribution in [1.29, 1.82) is 0 Å². The van der Waals surface area contributed by atoms with Gasteiger partial charge in [0.05, 0.1) is 12.0 Å². The molecule has 15 heavy (non-hydrogen) atoms. The number of carbonyl (C=O) groups is 1. The SMILES string of the molecule is CCC1(C(=O)N2CCNCC2)CCOC1. The molecule has 2 heterocycles. The molecule has 2 fully saturated rings. The van der Waals surface area contributed by atoms with E-state index in [1.165, 1.54) is 0 Å². The van der Waals surface area contributed by atoms with Crippen molar-refractivity contribution < 1.29 is 9.53 Å². The topological polar surface area (TPSA) is 41.6 Å². The molecule has 0 bridgehead atoms. The molecule has 0 aromatic heterocycles. The van der Waals surface area contributed by atoms with Crippen molar-refractivity contribution in [1.82, 2.24) is 10.2 Å². The molecular weight excluding hydrogens is 192 g/mol. The first-order chi connectivity index (χ1) is 7.28. The molecule has 2 aliphatic heterocycles. The van der Waals surface area contributed by atoms with Crippen molar-refractivity contribution in [2.45, 2.75) is 19.8 Å². The summed E-state index contributed by atoms with van der Waals surface area (Å²) in [5.41, 5.74) is -0.211. The summed E-state index contributed by atoms with van der Waals surface area (Å²) >= 11 is 0. The van der Waals surface area contributed by atoms with Gasteiger partial charge >= 0.3 is 0 Å². The zero-order chi connectivity index (χ0) is 10.7. The van der Waals surface area contributed by atoms with Crippen molar-refractivity contribution >= 4 is 5.91 Å². The Morgan fingerprint density at radius 2 is 2.20 bits per heavy atom. The molecule has 0 spiro atoms. The van der Waals surface area contributed by atoms with Gasteiger partial charge < -0.3 is 15.0 Å². The van der Waals surface area contributed by atoms with Gasteiger partial charge in [-0.3, -0.25) is 4.79 Å². The van der Waals surface area contributed by atoms with Crippen LogP contribution in [-0.2, 0) is 9.53 Å². The minimum absolute atomic E-state index is 0.211. The Balaban J connectivity index is 2.03. The fraction of sp³-hybridized carbons (Fsp3) is 0.909. The van der Waals surface area contributed by atoms with Crippen LogP contribution in [0, 0.1) is 5.41 Å². The maximum absolute atomic E-state index is 12.4. The quantitative estimate of drug-likeness (QED) is 0.712. The number of hydrogen-bond acceptors (Lipinski definition) is 3. The van der Waals surface area contributed by atoms with E-state index >= 15 is 0 Å². The highest BCUT2D eigenvalue weighted by Crippen LogP contribution is 2.34. The molecule has 4 heteroatoms. The molecule has 4 nitrogen and oxygen atoms in total. The van der Waals surface area contributed by atoms with Crippen LogP contribution in [0.5, 0.6) is 0 Å². The van der Waals surface area contributed by atoms with Gasteiger partial charge in [0, 0.05) is 32.8 Å². The Labute approximate surface area is 91.0 Å². The zero-order valence-electron chi connectivity index (χ0n) is 9.42. The molecule has 1 unspecified atom stereocenters. The van der Waals surface area contributed by atoms with Gasteiger partial charge in [0.2, 0.25) is 5.91 Å². The molecule has 1 N–H and O–H groups in total. The summed E-state index contributed by atoms with van der Waals surface area (Å²) in [4.78, 5) is 14.4. The molecule has 2 rings (SSSR count). The highest BCUT2D eigenvalue weighted by molar-refractivity contribution is 5.83. The van der Waals surface area contributed by atoms with E-state index in [0.29, 0.717) is 12.5 Å². The number of nitrogens with one attached hydrogen (secondary N) is 1. The third-order valence-electron chi connectivity index (χ3n) is 3.64. The van der Waals surface area contributed by atoms with Crippen LogP contribution in [0.2, 0.25) is 0 Å². The molecule has 86 valence electrons. The van der Waals surface area contributed by atoms with Crippen molar-refractivity contribution in [2.24, 2.45) is 5.41 Å². The normalized spacial score (nSPS) is 31.9. The number of amides is 1. The van der Waals surface area contributed by atoms with Crippen LogP contribution in [0.4, 0.5) is 0 Å². The molecule has 0 saturated carbocycles. The average molecular weight is 212 g/mol. The fourth-order valence-electron chi connectivity index (χ4n) is 2.41. The maximum Gasteiger partial charge on any atom is 0.231 e. The lowest BCUT2D eigenvalue weighted by Gasteiger charge is -2.35. The summed E-state index contributed by atoms with van der Waals surface area (Å²) in [6, 6.07) is 0. The van der Waals surface area contributed by atoms with E-state index < -0.39 is 0 Å². The van der Waals surface area contributed by atoms with Crippen LogP contribution in [0.1, 0.15) is 19.8 Å². The predicted octanol–water partition coefficient (Wildman–Crippen LogP) is 0.235. The first-order valence-electron chi connectivity index (χ1n) is 5.86. The van der Waals surface area contributed by atoms with Gasteiger partial charge in [-0.1, -0.05) is 6.92 Å². The molecule has 2 aliphatic rings. The third-order valence-corrected chi connectivity index (χ3v) is 3.64. The molecule has 0 radical (unpaired) electrons. The van der Waals surface area contributed by atoms with Crippen molar-refractivity contribution in [3.63, 3.8) is 0 Å². The Hall–Kier alpha value is -0.610. The second-order valence-electron chi connectivity index (χ2n) is 4.48. The van der Waals surface area contributed by atoms with Gasteiger partial charge in [-0.15, -0.1) is 0 Å². The van der Waals surface area contributed by atoms with Crippen molar-refractivity contribution in [2.75, 3.05) is 39.4 Å². The van der Waals surface area contributed by atoms with E-state index in [1.807, 2.05) is 4.90 Å². The largest absolute Gasteiger partial charge is 0.380 e. The fourth-order valence-corrected chi connectivity index (χ4v) is 2.41. The molecule has 2 saturated heterocycles. The Morgan fingerprint density at radius 1 is 1.47 bits per heavy atom. The number of hydrogen-bond donors (Lipinski definition) is 1. The molecular formula is C11H20N2O2. The second kappa shape index (κ2) is 4.49. The summed E-state index contributed by atoms with van der Waals surface area (Å²) in [5, 5.41) is 3.27. The lowest BCUT2D eigenvalue weighted by atomic mass is 9.83. The van der Waals surface area contributed by atoms with Crippen LogP contribution >= 0.6 is 0 Å². The first kappa shape index (κ1) is 10.9. The Morgan fingerprint density at radius 3 is 2.73 bits per heavy atom. The Bertz CT molecular complexity index is 231. The summed E-state index contributed by atoms with van der Waals surface area (Å²) in [5.74, 6) is 0.309. The second-order valence-corrected chi connectivity index (χ2v) is 4.48. The number of carbonyl (C=O) groups excluding carboxylic acids is 1. The number of ether oxygens (including phenoxy) is 1. The average Bonchev–Trinajstić information content (AvgIpc) is 2.79. The van der Waals surface area contributed by atoms with Crippen LogP contribution in [0.3, 0.4) is 0 Å². The molecule has 0 aromatic carbocycles. The van der Waals surface area contributed by atoms with E-state index in [2.05, 4.69) is 12.2 Å². The van der Waals surface area contributed by atoms with Gasteiger partial charge in [-0.05, 0) is 12.8 Å². The number of rotatable bonds is 2. The minimum atomic E-state index is -0.211. The summed E-state index contributed by atoms with van der Waals surface area (Å²) < 4.78 is 5.40. The highest BCUT2D eigenvalue weighted by atomic mass is 16.5. The van der Waals surface area contributed by atoms with Crippen LogP contribution in [-0.4, -0.2) is 50.2 Å². The van der Waals surface area contributed by atoms with E-state index in [1.54, 1.807) is 0 Å². The standard InChI is InChI=1S/C11H20N2O2/c1-2-11(3-8-15-9-11)10(14)13-6-4-12-5-7-13/h12H,2-9H2,1H3. The van der Waals surface area contributed by atoms with Crippen LogP contribution in [0.25, 0.3) is 0 Å². The summed E-state index contributed by atoms with van der Waals surface area (Å²) in [6.07, 6.45) is 1.79. The minimum Gasteiger partial charge on any atom is -0.380 e. The molecule has 1 atom stereocenters. The van der Waals surface area contributed by atoms with Gasteiger partial charge in [-0.25, -0.2) is 0 Å². The van der Waals surface area contributed by atoms with Crippen molar-refractivity contribution in [3.8, 4) is 0 Å². The molecule has 0 aromatic rings. The zero-order valence-corrected chi connectivity index (χ0v) is 9.42. The van der Waals surface area contributed by atoms with Crippen molar-refractivity contribution in [3.05, 3.63) is 0 Å². The monoisotopic (exact) mass is 212 g/mol. The van der Waals surface area contributed by atoms with Crippen LogP contribution < -0.4 is 5.32 Å². The molecule has 0 aliphatic carbocycles. The van der Waals surface area contributed by atoms with E-state index in [-0.39, 0.29) is 5.41 Å². The van der Waals surface area contributed by atoms with Gasteiger partial charge in [0.1, 0.15) is 0 Å². The van der Waals surface area contributed by atoms with Gasteiger partial charge in [0.15, 0.2) is 0 Å². The Kier molecular flexibility index (Phi) is 3.26. The van der Waals surface area contributed by atoms with Crippen LogP contribution in [0.15, 0.2) is 0 Å². The van der Waals surface area contributed by atoms with E-state index in [4.69, 9.17) is 4.74 Å². The van der Waals surface area contributed by atoms with E-state index in [0.717, 1.165) is 45.6 Å². The third kappa shape index (κ3) is 2.01.